The number of amides is 2. The fourth-order valence-corrected chi connectivity index (χ4v) is 2.73. The van der Waals surface area contributed by atoms with Crippen molar-refractivity contribution in [2.75, 3.05) is 11.9 Å². The maximum absolute atomic E-state index is 12.3. The van der Waals surface area contributed by atoms with Crippen LogP contribution in [0.5, 0.6) is 0 Å². The molecule has 2 aromatic carbocycles. The Hall–Kier alpha value is -3.17. The van der Waals surface area contributed by atoms with Crippen molar-refractivity contribution in [1.29, 1.82) is 5.26 Å². The normalized spacial score (nSPS) is 15.9. The number of carbonyl (C=O) groups excluding carboxylic acids is 2. The second kappa shape index (κ2) is 8.28. The molecule has 132 valence electrons. The highest BCUT2D eigenvalue weighted by Gasteiger charge is 2.23. The maximum Gasteiger partial charge on any atom is 0.253 e. The average Bonchev–Trinajstić information content (AvgIpc) is 3.22. The predicted molar refractivity (Wildman–Crippen MR) is 96.4 cm³/mol. The molecule has 3 rings (SSSR count). The topological polar surface area (TPSA) is 91.2 Å². The number of benzene rings is 2. The first kappa shape index (κ1) is 17.6. The standard InChI is InChI=1S/C20H19N3O3/c21-12-14-6-8-15(9-7-14)13-22-19(24)16-3-1-4-17(11-16)23-20(25)18-5-2-10-26-18/h1,3-4,6-9,11,18H,2,5,10,13H2,(H,22,24)(H,23,25). The summed E-state index contributed by atoms with van der Waals surface area (Å²) in [4.78, 5) is 24.4. The first-order chi connectivity index (χ1) is 12.7. The van der Waals surface area contributed by atoms with Crippen molar-refractivity contribution in [3.8, 4) is 6.07 Å². The predicted octanol–water partition coefficient (Wildman–Crippen LogP) is 2.61. The Kier molecular flexibility index (Phi) is 5.62. The van der Waals surface area contributed by atoms with E-state index in [0.717, 1.165) is 18.4 Å². The summed E-state index contributed by atoms with van der Waals surface area (Å²) in [6, 6.07) is 15.9. The third-order valence-corrected chi connectivity index (χ3v) is 4.15. The summed E-state index contributed by atoms with van der Waals surface area (Å²) in [7, 11) is 0. The lowest BCUT2D eigenvalue weighted by Crippen LogP contribution is -2.27. The van der Waals surface area contributed by atoms with E-state index in [-0.39, 0.29) is 11.8 Å². The third kappa shape index (κ3) is 4.47. The molecule has 1 unspecified atom stereocenters. The third-order valence-electron chi connectivity index (χ3n) is 4.15. The molecule has 2 aromatic rings. The van der Waals surface area contributed by atoms with Crippen LogP contribution < -0.4 is 10.6 Å². The molecule has 2 N–H and O–H groups in total. The monoisotopic (exact) mass is 349 g/mol. The van der Waals surface area contributed by atoms with Gasteiger partial charge in [-0.1, -0.05) is 18.2 Å². The van der Waals surface area contributed by atoms with Gasteiger partial charge in [0.2, 0.25) is 0 Å². The van der Waals surface area contributed by atoms with Crippen LogP contribution in [0.2, 0.25) is 0 Å². The number of hydrogen-bond donors (Lipinski definition) is 2. The van der Waals surface area contributed by atoms with Crippen molar-refractivity contribution in [1.82, 2.24) is 5.32 Å². The van der Waals surface area contributed by atoms with E-state index in [1.807, 2.05) is 0 Å². The van der Waals surface area contributed by atoms with Crippen LogP contribution >= 0.6 is 0 Å². The van der Waals surface area contributed by atoms with Crippen molar-refractivity contribution in [2.45, 2.75) is 25.5 Å². The summed E-state index contributed by atoms with van der Waals surface area (Å²) in [5.41, 5.74) is 2.51. The summed E-state index contributed by atoms with van der Waals surface area (Å²) in [5.74, 6) is -0.416. The Balaban J connectivity index is 1.58. The fourth-order valence-electron chi connectivity index (χ4n) is 2.73. The van der Waals surface area contributed by atoms with Gasteiger partial charge in [-0.3, -0.25) is 9.59 Å². The molecule has 1 heterocycles. The van der Waals surface area contributed by atoms with Gasteiger partial charge in [-0.15, -0.1) is 0 Å². The largest absolute Gasteiger partial charge is 0.368 e. The van der Waals surface area contributed by atoms with E-state index in [4.69, 9.17) is 10.00 Å². The molecule has 1 aliphatic rings. The van der Waals surface area contributed by atoms with E-state index in [1.54, 1.807) is 48.5 Å². The molecular weight excluding hydrogens is 330 g/mol. The number of nitrogens with zero attached hydrogens (tertiary/aromatic N) is 1. The lowest BCUT2D eigenvalue weighted by atomic mass is 10.1. The molecule has 0 bridgehead atoms. The van der Waals surface area contributed by atoms with E-state index in [1.165, 1.54) is 0 Å². The van der Waals surface area contributed by atoms with Crippen molar-refractivity contribution in [3.05, 3.63) is 65.2 Å². The summed E-state index contributed by atoms with van der Waals surface area (Å²) in [6.45, 7) is 0.965. The average molecular weight is 349 g/mol. The van der Waals surface area contributed by atoms with Gasteiger partial charge in [-0.05, 0) is 48.7 Å². The molecule has 0 spiro atoms. The lowest BCUT2D eigenvalue weighted by Gasteiger charge is -2.11. The Labute approximate surface area is 151 Å². The Morgan fingerprint density at radius 3 is 2.69 bits per heavy atom. The van der Waals surface area contributed by atoms with Gasteiger partial charge in [0.05, 0.1) is 11.6 Å². The molecular formula is C20H19N3O3. The van der Waals surface area contributed by atoms with E-state index in [9.17, 15) is 9.59 Å². The van der Waals surface area contributed by atoms with Crippen molar-refractivity contribution in [2.24, 2.45) is 0 Å². The van der Waals surface area contributed by atoms with Gasteiger partial charge in [0.15, 0.2) is 0 Å². The summed E-state index contributed by atoms with van der Waals surface area (Å²) in [5, 5.41) is 14.4. The number of rotatable bonds is 5. The van der Waals surface area contributed by atoms with Crippen LogP contribution in [0.1, 0.15) is 34.3 Å². The number of anilines is 1. The minimum atomic E-state index is -0.413. The summed E-state index contributed by atoms with van der Waals surface area (Å²) < 4.78 is 5.36. The lowest BCUT2D eigenvalue weighted by molar-refractivity contribution is -0.124. The van der Waals surface area contributed by atoms with Gasteiger partial charge in [-0.2, -0.15) is 5.26 Å². The van der Waals surface area contributed by atoms with Crippen LogP contribution in [0.25, 0.3) is 0 Å². The summed E-state index contributed by atoms with van der Waals surface area (Å²) >= 11 is 0. The van der Waals surface area contributed by atoms with Crippen LogP contribution in [-0.2, 0) is 16.1 Å². The minimum Gasteiger partial charge on any atom is -0.368 e. The quantitative estimate of drug-likeness (QED) is 0.868. The highest BCUT2D eigenvalue weighted by atomic mass is 16.5. The molecule has 0 aromatic heterocycles. The number of carbonyl (C=O) groups is 2. The van der Waals surface area contributed by atoms with Crippen molar-refractivity contribution in [3.63, 3.8) is 0 Å². The van der Waals surface area contributed by atoms with Crippen molar-refractivity contribution < 1.29 is 14.3 Å². The van der Waals surface area contributed by atoms with Gasteiger partial charge >= 0.3 is 0 Å². The van der Waals surface area contributed by atoms with E-state index in [0.29, 0.717) is 30.0 Å². The zero-order valence-electron chi connectivity index (χ0n) is 14.2. The fraction of sp³-hybridized carbons (Fsp3) is 0.250. The SMILES string of the molecule is N#Cc1ccc(CNC(=O)c2cccc(NC(=O)C3CCCO3)c2)cc1. The summed E-state index contributed by atoms with van der Waals surface area (Å²) in [6.07, 6.45) is 1.19. The second-order valence-corrected chi connectivity index (χ2v) is 6.06. The second-order valence-electron chi connectivity index (χ2n) is 6.06. The molecule has 0 radical (unpaired) electrons. The Morgan fingerprint density at radius 1 is 1.19 bits per heavy atom. The van der Waals surface area contributed by atoms with E-state index in [2.05, 4.69) is 16.7 Å². The molecule has 6 nitrogen and oxygen atoms in total. The number of hydrogen-bond acceptors (Lipinski definition) is 4. The molecule has 1 fully saturated rings. The Morgan fingerprint density at radius 2 is 2.00 bits per heavy atom. The first-order valence-corrected chi connectivity index (χ1v) is 8.45. The molecule has 0 saturated carbocycles. The first-order valence-electron chi connectivity index (χ1n) is 8.45. The van der Waals surface area contributed by atoms with Gasteiger partial charge in [0.25, 0.3) is 11.8 Å². The molecule has 26 heavy (non-hydrogen) atoms. The molecule has 0 aliphatic carbocycles. The van der Waals surface area contributed by atoms with Gasteiger partial charge in [0, 0.05) is 24.4 Å². The zero-order chi connectivity index (χ0) is 18.4. The van der Waals surface area contributed by atoms with Crippen LogP contribution in [-0.4, -0.2) is 24.5 Å². The van der Waals surface area contributed by atoms with Crippen LogP contribution in [0, 0.1) is 11.3 Å². The number of nitrogens with one attached hydrogen (secondary N) is 2. The zero-order valence-corrected chi connectivity index (χ0v) is 14.2. The minimum absolute atomic E-state index is 0.183. The number of nitriles is 1. The highest BCUT2D eigenvalue weighted by Crippen LogP contribution is 2.16. The maximum atomic E-state index is 12.3. The Bertz CT molecular complexity index is 834. The van der Waals surface area contributed by atoms with Gasteiger partial charge in [-0.25, -0.2) is 0 Å². The van der Waals surface area contributed by atoms with Crippen LogP contribution in [0.3, 0.4) is 0 Å². The molecule has 1 aliphatic heterocycles. The number of ether oxygens (including phenoxy) is 1. The van der Waals surface area contributed by atoms with E-state index < -0.39 is 6.10 Å². The van der Waals surface area contributed by atoms with Gasteiger partial charge < -0.3 is 15.4 Å². The van der Waals surface area contributed by atoms with E-state index >= 15 is 0 Å². The molecule has 1 atom stereocenters. The van der Waals surface area contributed by atoms with Crippen molar-refractivity contribution >= 4 is 17.5 Å². The van der Waals surface area contributed by atoms with Crippen LogP contribution in [0.4, 0.5) is 5.69 Å². The molecule has 1 saturated heterocycles. The van der Waals surface area contributed by atoms with Gasteiger partial charge in [0.1, 0.15) is 6.10 Å². The molecule has 6 heteroatoms. The van der Waals surface area contributed by atoms with Crippen LogP contribution in [0.15, 0.2) is 48.5 Å². The molecule has 2 amide bonds. The smallest absolute Gasteiger partial charge is 0.253 e. The highest BCUT2D eigenvalue weighted by molar-refractivity contribution is 5.98.